The molecule has 6 unspecified atom stereocenters. The summed E-state index contributed by atoms with van der Waals surface area (Å²) >= 11 is 0. The largest absolute Gasteiger partial charge is 0.497 e. The molecule has 0 radical (unpaired) electrons. The maximum atomic E-state index is 14.5. The van der Waals surface area contributed by atoms with Crippen molar-refractivity contribution in [1.29, 1.82) is 0 Å². The van der Waals surface area contributed by atoms with Crippen LogP contribution < -0.4 is 24.8 Å². The van der Waals surface area contributed by atoms with E-state index in [-0.39, 0.29) is 43.4 Å². The highest BCUT2D eigenvalue weighted by molar-refractivity contribution is 7.91. The third-order valence-corrected chi connectivity index (χ3v) is 11.8. The first-order valence-electron chi connectivity index (χ1n) is 17.5. The van der Waals surface area contributed by atoms with Gasteiger partial charge in [0.1, 0.15) is 35.1 Å². The minimum Gasteiger partial charge on any atom is -0.497 e. The Labute approximate surface area is 302 Å². The van der Waals surface area contributed by atoms with Crippen LogP contribution in [-0.4, -0.2) is 96.1 Å². The fourth-order valence-electron chi connectivity index (χ4n) is 7.00. The zero-order chi connectivity index (χ0) is 37.6. The van der Waals surface area contributed by atoms with Crippen LogP contribution in [0.3, 0.4) is 0 Å². The highest BCUT2D eigenvalue weighted by Gasteiger charge is 2.62. The predicted octanol–water partition coefficient (Wildman–Crippen LogP) is 2.52. The van der Waals surface area contributed by atoms with Gasteiger partial charge in [-0.15, -0.1) is 0 Å². The lowest BCUT2D eigenvalue weighted by atomic mass is 9.94. The molecular formula is C36H45N5O10S. The number of allylic oxidation sites excluding steroid dienone is 2. The molecule has 3 aliphatic carbocycles. The molecule has 1 aromatic heterocycles. The first-order valence-corrected chi connectivity index (χ1v) is 19.1. The van der Waals surface area contributed by atoms with E-state index in [2.05, 4.69) is 20.3 Å². The number of hydrogen-bond donors (Lipinski definition) is 3. The summed E-state index contributed by atoms with van der Waals surface area (Å²) in [7, 11) is -2.34. The Morgan fingerprint density at radius 3 is 2.50 bits per heavy atom. The van der Waals surface area contributed by atoms with Crippen LogP contribution in [0.2, 0.25) is 0 Å². The highest BCUT2D eigenvalue weighted by Crippen LogP contribution is 2.47. The summed E-state index contributed by atoms with van der Waals surface area (Å²) < 4.78 is 44.7. The van der Waals surface area contributed by atoms with E-state index in [1.165, 1.54) is 11.0 Å². The molecule has 1 saturated heterocycles. The topological polar surface area (TPSA) is 199 Å². The first-order chi connectivity index (χ1) is 24.5. The lowest BCUT2D eigenvalue weighted by Crippen LogP contribution is -2.59. The molecule has 3 N–H and O–H groups in total. The molecule has 1 aromatic carbocycles. The van der Waals surface area contributed by atoms with Gasteiger partial charge in [0.2, 0.25) is 27.7 Å². The van der Waals surface area contributed by atoms with Crippen LogP contribution in [0.5, 0.6) is 11.6 Å². The Hall–Kier alpha value is -4.73. The lowest BCUT2D eigenvalue weighted by Gasteiger charge is -2.32. The third-order valence-electron chi connectivity index (χ3n) is 9.99. The number of ketones is 1. The number of hydrogen-bond acceptors (Lipinski definition) is 11. The molecule has 1 aliphatic heterocycles. The minimum atomic E-state index is -3.90. The van der Waals surface area contributed by atoms with Gasteiger partial charge in [-0.05, 0) is 88.1 Å². The number of alkyl carbamates (subject to hydrolysis) is 1. The van der Waals surface area contributed by atoms with Crippen LogP contribution >= 0.6 is 0 Å². The minimum absolute atomic E-state index is 0.0311. The van der Waals surface area contributed by atoms with Gasteiger partial charge in [-0.2, -0.15) is 0 Å². The van der Waals surface area contributed by atoms with Gasteiger partial charge in [-0.3, -0.25) is 23.9 Å². The monoisotopic (exact) mass is 739 g/mol. The second kappa shape index (κ2) is 14.0. The van der Waals surface area contributed by atoms with Crippen LogP contribution in [0, 0.1) is 11.8 Å². The number of benzene rings is 1. The zero-order valence-electron chi connectivity index (χ0n) is 29.8. The molecule has 15 nitrogen and oxygen atoms in total. The number of pyridine rings is 1. The van der Waals surface area contributed by atoms with Gasteiger partial charge in [0.25, 0.3) is 5.91 Å². The summed E-state index contributed by atoms with van der Waals surface area (Å²) in [5.74, 6) is -2.98. The Morgan fingerprint density at radius 1 is 1.13 bits per heavy atom. The number of amides is 4. The van der Waals surface area contributed by atoms with Crippen molar-refractivity contribution in [3.8, 4) is 11.6 Å². The number of carbonyl (C=O) groups excluding carboxylic acids is 5. The van der Waals surface area contributed by atoms with E-state index in [1.807, 2.05) is 13.0 Å². The molecule has 16 heteroatoms. The van der Waals surface area contributed by atoms with Crippen LogP contribution in [0.4, 0.5) is 4.79 Å². The van der Waals surface area contributed by atoms with Gasteiger partial charge in [0.15, 0.2) is 5.78 Å². The molecule has 2 heterocycles. The Balaban J connectivity index is 1.30. The van der Waals surface area contributed by atoms with E-state index in [4.69, 9.17) is 14.2 Å². The summed E-state index contributed by atoms with van der Waals surface area (Å²) in [4.78, 5) is 73.9. The molecule has 6 rings (SSSR count). The number of methoxy groups -OCH3 is 1. The van der Waals surface area contributed by atoms with Crippen LogP contribution in [-0.2, 0) is 33.9 Å². The van der Waals surface area contributed by atoms with Crippen molar-refractivity contribution in [2.75, 3.05) is 13.7 Å². The van der Waals surface area contributed by atoms with Gasteiger partial charge in [0, 0.05) is 18.0 Å². The summed E-state index contributed by atoms with van der Waals surface area (Å²) in [6, 6.07) is 4.54. The Bertz CT molecular complexity index is 1920. The highest BCUT2D eigenvalue weighted by atomic mass is 32.2. The molecule has 2 aromatic rings. The van der Waals surface area contributed by atoms with Crippen LogP contribution in [0.15, 0.2) is 42.6 Å². The molecule has 6 atom stereocenters. The van der Waals surface area contributed by atoms with Gasteiger partial charge >= 0.3 is 6.09 Å². The molecule has 52 heavy (non-hydrogen) atoms. The second-order valence-corrected chi connectivity index (χ2v) is 16.9. The number of likely N-dealkylation sites (tertiary alicyclic amines) is 1. The summed E-state index contributed by atoms with van der Waals surface area (Å²) in [6.07, 6.45) is 4.60. The van der Waals surface area contributed by atoms with E-state index >= 15 is 0 Å². The van der Waals surface area contributed by atoms with E-state index in [0.29, 0.717) is 30.4 Å². The maximum Gasteiger partial charge on any atom is 0.408 e. The number of fused-ring (bicyclic) bond motifs is 1. The molecule has 4 aliphatic rings. The van der Waals surface area contributed by atoms with Crippen molar-refractivity contribution in [2.45, 2.75) is 101 Å². The van der Waals surface area contributed by atoms with Gasteiger partial charge in [-0.1, -0.05) is 19.4 Å². The fourth-order valence-corrected chi connectivity index (χ4v) is 8.36. The standard InChI is InChI=1S/C36H45N5O10S/c1-6-21-18-36(21,33(45)40-52(47,48)24-11-12-24)39-30(43)27-17-23(50-31-25-13-10-22(49-5)16-20(25)14-15-37-31)19-41(27)32(44)29(26-8-7-9-28(26)42)38-34(46)51-35(2,3)4/h7,9-10,13-16,21,23-24,26-27,29H,6,8,11-12,17-19H2,1-5H3,(H,38,46)(H,39,43)(H,40,45). The van der Waals surface area contributed by atoms with Crippen molar-refractivity contribution >= 4 is 50.4 Å². The average Bonchev–Trinajstić information content (AvgIpc) is 3.98. The SMILES string of the molecule is CCC1CC1(NC(=O)C1CC(Oc2nccc3cc(OC)ccc23)CN1C(=O)C(NC(=O)OC(C)(C)C)C1CC=CC1=O)C(=O)NS(=O)(=O)C1CC1. The summed E-state index contributed by atoms with van der Waals surface area (Å²) in [5, 5.41) is 6.19. The van der Waals surface area contributed by atoms with Crippen molar-refractivity contribution in [3.63, 3.8) is 0 Å². The molecule has 0 spiro atoms. The van der Waals surface area contributed by atoms with Crippen LogP contribution in [0.25, 0.3) is 10.8 Å². The Morgan fingerprint density at radius 2 is 1.88 bits per heavy atom. The number of aromatic nitrogens is 1. The number of nitrogens with one attached hydrogen (secondary N) is 3. The Kier molecular flexibility index (Phi) is 9.98. The molecule has 2 saturated carbocycles. The summed E-state index contributed by atoms with van der Waals surface area (Å²) in [6.45, 7) is 6.70. The van der Waals surface area contributed by atoms with E-state index in [1.54, 1.807) is 58.4 Å². The number of sulfonamides is 1. The predicted molar refractivity (Wildman–Crippen MR) is 188 cm³/mol. The smallest absolute Gasteiger partial charge is 0.408 e. The van der Waals surface area contributed by atoms with Gasteiger partial charge < -0.3 is 29.7 Å². The molecule has 3 fully saturated rings. The molecule has 4 amide bonds. The van der Waals surface area contributed by atoms with Gasteiger partial charge in [0.05, 0.1) is 24.8 Å². The van der Waals surface area contributed by atoms with Crippen molar-refractivity contribution < 1.29 is 46.6 Å². The molecular weight excluding hydrogens is 694 g/mol. The molecule has 280 valence electrons. The first kappa shape index (κ1) is 37.0. The van der Waals surface area contributed by atoms with Crippen LogP contribution in [0.1, 0.15) is 66.2 Å². The third kappa shape index (κ3) is 7.71. The second-order valence-electron chi connectivity index (χ2n) is 14.9. The fraction of sp³-hybridized carbons (Fsp3) is 0.556. The van der Waals surface area contributed by atoms with Gasteiger partial charge in [-0.25, -0.2) is 18.2 Å². The van der Waals surface area contributed by atoms with Crippen molar-refractivity contribution in [3.05, 3.63) is 42.6 Å². The number of rotatable bonds is 12. The van der Waals surface area contributed by atoms with E-state index in [0.717, 1.165) is 5.39 Å². The van der Waals surface area contributed by atoms with E-state index < -0.39 is 74.3 Å². The summed E-state index contributed by atoms with van der Waals surface area (Å²) in [5.41, 5.74) is -2.39. The van der Waals surface area contributed by atoms with Crippen molar-refractivity contribution in [1.82, 2.24) is 25.2 Å². The maximum absolute atomic E-state index is 14.5. The molecule has 0 bridgehead atoms. The average molecular weight is 740 g/mol. The number of carbonyl (C=O) groups is 5. The van der Waals surface area contributed by atoms with E-state index in [9.17, 15) is 32.4 Å². The lowest BCUT2D eigenvalue weighted by molar-refractivity contribution is -0.143. The normalized spacial score (nSPS) is 26.1. The zero-order valence-corrected chi connectivity index (χ0v) is 30.7. The number of nitrogens with zero attached hydrogens (tertiary/aromatic N) is 2. The quantitative estimate of drug-likeness (QED) is 0.289. The van der Waals surface area contributed by atoms with Crippen molar-refractivity contribution in [2.24, 2.45) is 11.8 Å². The number of ether oxygens (including phenoxy) is 3.